The van der Waals surface area contributed by atoms with E-state index in [4.69, 9.17) is 21.0 Å². The predicted molar refractivity (Wildman–Crippen MR) is 82.2 cm³/mol. The Morgan fingerprint density at radius 3 is 2.18 bits per heavy atom. The van der Waals surface area contributed by atoms with E-state index in [0.717, 1.165) is 0 Å². The number of para-hydroxylation sites is 1. The quantitative estimate of drug-likeness (QED) is 0.333. The van der Waals surface area contributed by atoms with Crippen molar-refractivity contribution in [1.82, 2.24) is 0 Å². The number of hydrogen-bond acceptors (Lipinski definition) is 4. The Bertz CT molecular complexity index is 669. The largest absolute Gasteiger partial charge is 0.507 e. The zero-order chi connectivity index (χ0) is 16.5. The molecule has 22 heavy (non-hydrogen) atoms. The number of anilines is 1. The van der Waals surface area contributed by atoms with E-state index in [0.29, 0.717) is 11.3 Å². The van der Waals surface area contributed by atoms with Crippen LogP contribution in [-0.2, 0) is 4.79 Å². The Labute approximate surface area is 126 Å². The van der Waals surface area contributed by atoms with Crippen LogP contribution < -0.4 is 11.1 Å². The standard InChI is InChI=1S/C14H13N3O2.CH2O2/c15-13(16)9-5-7-10(8-6-9)17-14(19)11-3-1-2-4-12(11)18;2-1-3/h1-8,18H,(H3,15,16)(H,17,19);1H,(H,2,3). The maximum atomic E-state index is 11.9. The van der Waals surface area contributed by atoms with Crippen molar-refractivity contribution < 1.29 is 19.8 Å². The van der Waals surface area contributed by atoms with Crippen LogP contribution in [0.25, 0.3) is 0 Å². The van der Waals surface area contributed by atoms with Crippen LogP contribution in [0.2, 0.25) is 0 Å². The van der Waals surface area contributed by atoms with Crippen LogP contribution in [0.15, 0.2) is 48.5 Å². The van der Waals surface area contributed by atoms with Crippen molar-refractivity contribution in [3.05, 3.63) is 59.7 Å². The van der Waals surface area contributed by atoms with Crippen LogP contribution in [0.4, 0.5) is 5.69 Å². The molecule has 6 N–H and O–H groups in total. The van der Waals surface area contributed by atoms with E-state index in [1.165, 1.54) is 12.1 Å². The Balaban J connectivity index is 0.000000745. The van der Waals surface area contributed by atoms with Gasteiger partial charge in [-0.1, -0.05) is 12.1 Å². The molecule has 0 atom stereocenters. The molecule has 0 saturated heterocycles. The monoisotopic (exact) mass is 301 g/mol. The lowest BCUT2D eigenvalue weighted by atomic mass is 10.1. The lowest BCUT2D eigenvalue weighted by Crippen LogP contribution is -2.13. The second kappa shape index (κ2) is 8.05. The highest BCUT2D eigenvalue weighted by atomic mass is 16.3. The van der Waals surface area contributed by atoms with Gasteiger partial charge in [0.1, 0.15) is 11.6 Å². The third-order valence-corrected chi connectivity index (χ3v) is 2.60. The molecule has 2 rings (SSSR count). The zero-order valence-corrected chi connectivity index (χ0v) is 11.5. The third kappa shape index (κ3) is 4.64. The smallest absolute Gasteiger partial charge is 0.290 e. The number of amides is 1. The van der Waals surface area contributed by atoms with Gasteiger partial charge in [-0.2, -0.15) is 0 Å². The van der Waals surface area contributed by atoms with Gasteiger partial charge >= 0.3 is 0 Å². The van der Waals surface area contributed by atoms with Gasteiger partial charge in [-0.05, 0) is 36.4 Å². The average molecular weight is 301 g/mol. The number of hydrogen-bond donors (Lipinski definition) is 5. The Morgan fingerprint density at radius 2 is 1.68 bits per heavy atom. The molecule has 0 heterocycles. The number of benzene rings is 2. The van der Waals surface area contributed by atoms with Gasteiger partial charge in [-0.3, -0.25) is 15.0 Å². The van der Waals surface area contributed by atoms with Gasteiger partial charge in [-0.15, -0.1) is 0 Å². The number of phenolic OH excluding ortho intramolecular Hbond substituents is 1. The van der Waals surface area contributed by atoms with Crippen LogP contribution in [0.5, 0.6) is 5.75 Å². The van der Waals surface area contributed by atoms with Crippen molar-refractivity contribution in [3.63, 3.8) is 0 Å². The minimum absolute atomic E-state index is 0.0291. The summed E-state index contributed by atoms with van der Waals surface area (Å²) in [4.78, 5) is 20.3. The second-order valence-corrected chi connectivity index (χ2v) is 4.07. The minimum atomic E-state index is -0.395. The van der Waals surface area contributed by atoms with Gasteiger partial charge in [0.05, 0.1) is 5.56 Å². The summed E-state index contributed by atoms with van der Waals surface area (Å²) in [6, 6.07) is 12.9. The topological polar surface area (TPSA) is 136 Å². The summed E-state index contributed by atoms with van der Waals surface area (Å²) in [5.74, 6) is -0.493. The van der Waals surface area contributed by atoms with Crippen molar-refractivity contribution in [2.75, 3.05) is 5.32 Å². The summed E-state index contributed by atoms with van der Waals surface area (Å²) >= 11 is 0. The van der Waals surface area contributed by atoms with E-state index in [-0.39, 0.29) is 23.6 Å². The summed E-state index contributed by atoms with van der Waals surface area (Å²) in [6.07, 6.45) is 0. The first kappa shape index (κ1) is 16.7. The fourth-order valence-corrected chi connectivity index (χ4v) is 1.60. The highest BCUT2D eigenvalue weighted by molar-refractivity contribution is 6.06. The SMILES string of the molecule is N=C(N)c1ccc(NC(=O)c2ccccc2O)cc1.O=CO. The predicted octanol–water partition coefficient (Wildman–Crippen LogP) is 1.63. The Hall–Kier alpha value is -3.35. The number of nitrogens with one attached hydrogen (secondary N) is 2. The summed E-state index contributed by atoms with van der Waals surface area (Å²) < 4.78 is 0. The molecule has 7 nitrogen and oxygen atoms in total. The second-order valence-electron chi connectivity index (χ2n) is 4.07. The number of aromatic hydroxyl groups is 1. The summed E-state index contributed by atoms with van der Waals surface area (Å²) in [5.41, 5.74) is 6.70. The minimum Gasteiger partial charge on any atom is -0.507 e. The molecular weight excluding hydrogens is 286 g/mol. The third-order valence-electron chi connectivity index (χ3n) is 2.60. The number of phenols is 1. The normalized spacial score (nSPS) is 9.09. The van der Waals surface area contributed by atoms with Crippen LogP contribution >= 0.6 is 0 Å². The number of nitrogen functional groups attached to an aromatic ring is 1. The molecule has 0 spiro atoms. The zero-order valence-electron chi connectivity index (χ0n) is 11.5. The van der Waals surface area contributed by atoms with Gasteiger partial charge in [0.2, 0.25) is 0 Å². The van der Waals surface area contributed by atoms with Gasteiger partial charge in [0.25, 0.3) is 12.4 Å². The number of nitrogens with two attached hydrogens (primary N) is 1. The molecule has 0 bridgehead atoms. The molecule has 0 aliphatic rings. The van der Waals surface area contributed by atoms with Gasteiger partial charge in [0.15, 0.2) is 0 Å². The first-order valence-corrected chi connectivity index (χ1v) is 6.11. The van der Waals surface area contributed by atoms with Crippen LogP contribution in [0.3, 0.4) is 0 Å². The summed E-state index contributed by atoms with van der Waals surface area (Å²) in [6.45, 7) is -0.250. The van der Waals surface area contributed by atoms with Crippen molar-refractivity contribution in [2.45, 2.75) is 0 Å². The number of carbonyl (C=O) groups excluding carboxylic acids is 1. The molecule has 0 aromatic heterocycles. The maximum absolute atomic E-state index is 11.9. The highest BCUT2D eigenvalue weighted by Crippen LogP contribution is 2.18. The fourth-order valence-electron chi connectivity index (χ4n) is 1.60. The molecule has 0 aliphatic carbocycles. The van der Waals surface area contributed by atoms with E-state index < -0.39 is 5.91 Å². The van der Waals surface area contributed by atoms with Gasteiger partial charge in [0, 0.05) is 11.3 Å². The van der Waals surface area contributed by atoms with E-state index >= 15 is 0 Å². The number of rotatable bonds is 3. The summed E-state index contributed by atoms with van der Waals surface area (Å²) in [5, 5.41) is 26.4. The molecule has 1 amide bonds. The summed E-state index contributed by atoms with van der Waals surface area (Å²) in [7, 11) is 0. The van der Waals surface area contributed by atoms with Crippen LogP contribution in [0, 0.1) is 5.41 Å². The molecule has 2 aromatic rings. The first-order valence-electron chi connectivity index (χ1n) is 6.11. The molecule has 114 valence electrons. The van der Waals surface area contributed by atoms with Crippen molar-refractivity contribution in [1.29, 1.82) is 5.41 Å². The first-order chi connectivity index (χ1) is 10.5. The molecule has 2 aromatic carbocycles. The number of carbonyl (C=O) groups is 2. The molecule has 0 fully saturated rings. The molecular formula is C15H15N3O4. The van der Waals surface area contributed by atoms with E-state index in [9.17, 15) is 9.90 Å². The Kier molecular flexibility index (Phi) is 6.11. The average Bonchev–Trinajstić information content (AvgIpc) is 2.49. The Morgan fingerprint density at radius 1 is 1.14 bits per heavy atom. The fraction of sp³-hybridized carbons (Fsp3) is 0. The molecule has 0 aliphatic heterocycles. The lowest BCUT2D eigenvalue weighted by molar-refractivity contribution is -0.122. The van der Waals surface area contributed by atoms with Crippen molar-refractivity contribution in [2.24, 2.45) is 5.73 Å². The lowest BCUT2D eigenvalue weighted by Gasteiger charge is -2.07. The number of amidine groups is 1. The molecule has 0 saturated carbocycles. The van der Waals surface area contributed by atoms with Crippen LogP contribution in [0.1, 0.15) is 15.9 Å². The van der Waals surface area contributed by atoms with Gasteiger partial charge in [-0.25, -0.2) is 0 Å². The molecule has 0 radical (unpaired) electrons. The molecule has 7 heteroatoms. The van der Waals surface area contributed by atoms with E-state index in [1.807, 2.05) is 0 Å². The highest BCUT2D eigenvalue weighted by Gasteiger charge is 2.10. The number of carboxylic acid groups (broad SMARTS) is 1. The van der Waals surface area contributed by atoms with Crippen molar-refractivity contribution in [3.8, 4) is 5.75 Å². The van der Waals surface area contributed by atoms with E-state index in [1.54, 1.807) is 36.4 Å². The van der Waals surface area contributed by atoms with Crippen LogP contribution in [-0.4, -0.2) is 28.4 Å². The van der Waals surface area contributed by atoms with Crippen molar-refractivity contribution >= 4 is 23.9 Å². The molecule has 0 unspecified atom stereocenters. The van der Waals surface area contributed by atoms with E-state index in [2.05, 4.69) is 5.32 Å². The van der Waals surface area contributed by atoms with Gasteiger partial charge < -0.3 is 21.3 Å². The maximum Gasteiger partial charge on any atom is 0.290 e.